The van der Waals surface area contributed by atoms with Gasteiger partial charge in [0.15, 0.2) is 0 Å². The average molecular weight is 291 g/mol. The third-order valence-corrected chi connectivity index (χ3v) is 4.13. The summed E-state index contributed by atoms with van der Waals surface area (Å²) in [6.45, 7) is 3.81. The molecule has 5 heteroatoms. The second kappa shape index (κ2) is 8.72. The standard InChI is InChI=1S/C16H25N3O2/c20-19(21)16-10-9-15(17-14-16)8-4-1-2-5-11-18-12-6-3-7-13-18/h9-10,14H,1-8,11-13H2. The van der Waals surface area contributed by atoms with E-state index in [1.165, 1.54) is 64.4 Å². The molecule has 1 saturated heterocycles. The molecule has 0 unspecified atom stereocenters. The van der Waals surface area contributed by atoms with Crippen molar-refractivity contribution in [3.8, 4) is 0 Å². The predicted molar refractivity (Wildman–Crippen MR) is 83.4 cm³/mol. The number of likely N-dealkylation sites (tertiary alicyclic amines) is 1. The summed E-state index contributed by atoms with van der Waals surface area (Å²) in [5, 5.41) is 10.5. The number of hydrogen-bond acceptors (Lipinski definition) is 4. The SMILES string of the molecule is O=[N+]([O-])c1ccc(CCCCCCN2CCCCC2)nc1. The number of nitro groups is 1. The summed E-state index contributed by atoms with van der Waals surface area (Å²) in [5.74, 6) is 0. The van der Waals surface area contributed by atoms with E-state index in [1.807, 2.05) is 0 Å². The number of nitrogens with zero attached hydrogens (tertiary/aromatic N) is 3. The third-order valence-electron chi connectivity index (χ3n) is 4.13. The predicted octanol–water partition coefficient (Wildman–Crippen LogP) is 3.58. The van der Waals surface area contributed by atoms with Crippen LogP contribution in [0.1, 0.15) is 50.6 Å². The molecule has 2 rings (SSSR count). The average Bonchev–Trinajstić information content (AvgIpc) is 2.52. The molecule has 0 aromatic carbocycles. The van der Waals surface area contributed by atoms with E-state index < -0.39 is 4.92 Å². The minimum atomic E-state index is -0.405. The van der Waals surface area contributed by atoms with Crippen LogP contribution in [0.3, 0.4) is 0 Å². The molecule has 0 atom stereocenters. The van der Waals surface area contributed by atoms with Crippen molar-refractivity contribution in [1.29, 1.82) is 0 Å². The van der Waals surface area contributed by atoms with Gasteiger partial charge >= 0.3 is 0 Å². The quantitative estimate of drug-likeness (QED) is 0.417. The molecule has 0 bridgehead atoms. The monoisotopic (exact) mass is 291 g/mol. The van der Waals surface area contributed by atoms with Crippen LogP contribution < -0.4 is 0 Å². The Morgan fingerprint density at radius 3 is 2.52 bits per heavy atom. The number of hydrogen-bond donors (Lipinski definition) is 0. The molecule has 1 aliphatic heterocycles. The van der Waals surface area contributed by atoms with Crippen molar-refractivity contribution < 1.29 is 4.92 Å². The van der Waals surface area contributed by atoms with E-state index in [9.17, 15) is 10.1 Å². The minimum Gasteiger partial charge on any atom is -0.303 e. The number of aromatic nitrogens is 1. The smallest absolute Gasteiger partial charge is 0.287 e. The van der Waals surface area contributed by atoms with E-state index in [-0.39, 0.29) is 5.69 Å². The van der Waals surface area contributed by atoms with Gasteiger partial charge in [0, 0.05) is 11.8 Å². The first-order valence-corrected chi connectivity index (χ1v) is 8.07. The number of piperidine rings is 1. The minimum absolute atomic E-state index is 0.0697. The van der Waals surface area contributed by atoms with Crippen molar-refractivity contribution >= 4 is 5.69 Å². The number of rotatable bonds is 8. The van der Waals surface area contributed by atoms with E-state index in [0.717, 1.165) is 18.5 Å². The highest BCUT2D eigenvalue weighted by molar-refractivity contribution is 5.26. The van der Waals surface area contributed by atoms with Crippen molar-refractivity contribution in [2.24, 2.45) is 0 Å². The normalized spacial score (nSPS) is 16.0. The Morgan fingerprint density at radius 1 is 1.10 bits per heavy atom. The summed E-state index contributed by atoms with van der Waals surface area (Å²) < 4.78 is 0. The number of pyridine rings is 1. The van der Waals surface area contributed by atoms with Gasteiger partial charge in [-0.1, -0.05) is 19.3 Å². The maximum atomic E-state index is 10.5. The van der Waals surface area contributed by atoms with Crippen molar-refractivity contribution in [2.75, 3.05) is 19.6 Å². The zero-order valence-corrected chi connectivity index (χ0v) is 12.7. The lowest BCUT2D eigenvalue weighted by Gasteiger charge is -2.26. The lowest BCUT2D eigenvalue weighted by Crippen LogP contribution is -2.30. The summed E-state index contributed by atoms with van der Waals surface area (Å²) >= 11 is 0. The number of unbranched alkanes of at least 4 members (excludes halogenated alkanes) is 3. The lowest BCUT2D eigenvalue weighted by molar-refractivity contribution is -0.385. The van der Waals surface area contributed by atoms with Crippen LogP contribution >= 0.6 is 0 Å². The molecule has 0 saturated carbocycles. The van der Waals surface area contributed by atoms with Crippen LogP contribution in [0.4, 0.5) is 5.69 Å². The first-order valence-electron chi connectivity index (χ1n) is 8.07. The summed E-state index contributed by atoms with van der Waals surface area (Å²) in [5.41, 5.74) is 1.02. The van der Waals surface area contributed by atoms with Crippen LogP contribution in [-0.4, -0.2) is 34.4 Å². The van der Waals surface area contributed by atoms with Crippen molar-refractivity contribution in [2.45, 2.75) is 51.4 Å². The third kappa shape index (κ3) is 5.79. The molecular weight excluding hydrogens is 266 g/mol. The maximum Gasteiger partial charge on any atom is 0.287 e. The van der Waals surface area contributed by atoms with E-state index in [4.69, 9.17) is 0 Å². The molecule has 5 nitrogen and oxygen atoms in total. The van der Waals surface area contributed by atoms with Crippen molar-refractivity contribution in [1.82, 2.24) is 9.88 Å². The van der Waals surface area contributed by atoms with Crippen molar-refractivity contribution in [3.05, 3.63) is 34.1 Å². The molecule has 116 valence electrons. The van der Waals surface area contributed by atoms with Gasteiger partial charge in [-0.25, -0.2) is 0 Å². The molecule has 1 aromatic heterocycles. The highest BCUT2D eigenvalue weighted by atomic mass is 16.6. The van der Waals surface area contributed by atoms with E-state index >= 15 is 0 Å². The van der Waals surface area contributed by atoms with Gasteiger partial charge in [0.1, 0.15) is 6.20 Å². The molecule has 0 radical (unpaired) electrons. The summed E-state index contributed by atoms with van der Waals surface area (Å²) in [6.07, 6.45) is 11.3. The Bertz CT molecular complexity index is 428. The van der Waals surface area contributed by atoms with Gasteiger partial charge in [-0.2, -0.15) is 0 Å². The Balaban J connectivity index is 1.54. The summed E-state index contributed by atoms with van der Waals surface area (Å²) in [7, 11) is 0. The maximum absolute atomic E-state index is 10.5. The molecule has 1 aliphatic rings. The Kier molecular flexibility index (Phi) is 6.60. The van der Waals surface area contributed by atoms with Crippen LogP contribution in [0.5, 0.6) is 0 Å². The van der Waals surface area contributed by atoms with Crippen molar-refractivity contribution in [3.63, 3.8) is 0 Å². The lowest BCUT2D eigenvalue weighted by atomic mass is 10.1. The van der Waals surface area contributed by atoms with Gasteiger partial charge in [-0.3, -0.25) is 15.1 Å². The van der Waals surface area contributed by atoms with Crippen LogP contribution in [0.25, 0.3) is 0 Å². The molecule has 1 fully saturated rings. The summed E-state index contributed by atoms with van der Waals surface area (Å²) in [4.78, 5) is 16.9. The Labute approximate surface area is 126 Å². The first-order chi connectivity index (χ1) is 10.3. The molecule has 0 amide bonds. The van der Waals surface area contributed by atoms with Gasteiger partial charge < -0.3 is 4.90 Å². The largest absolute Gasteiger partial charge is 0.303 e. The molecule has 0 aliphatic carbocycles. The van der Waals surface area contributed by atoms with Crippen LogP contribution in [0, 0.1) is 10.1 Å². The fraction of sp³-hybridized carbons (Fsp3) is 0.688. The zero-order valence-electron chi connectivity index (χ0n) is 12.7. The molecule has 0 N–H and O–H groups in total. The van der Waals surface area contributed by atoms with Crippen LogP contribution in [0.15, 0.2) is 18.3 Å². The van der Waals surface area contributed by atoms with Crippen LogP contribution in [0.2, 0.25) is 0 Å². The van der Waals surface area contributed by atoms with Crippen LogP contribution in [-0.2, 0) is 6.42 Å². The number of aryl methyl sites for hydroxylation is 1. The highest BCUT2D eigenvalue weighted by Gasteiger charge is 2.09. The van der Waals surface area contributed by atoms with E-state index in [0.29, 0.717) is 0 Å². The summed E-state index contributed by atoms with van der Waals surface area (Å²) in [6, 6.07) is 3.31. The Morgan fingerprint density at radius 2 is 1.86 bits per heavy atom. The fourth-order valence-corrected chi connectivity index (χ4v) is 2.85. The molecule has 0 spiro atoms. The second-order valence-corrected chi connectivity index (χ2v) is 5.83. The zero-order chi connectivity index (χ0) is 14.9. The van der Waals surface area contributed by atoms with Gasteiger partial charge in [-0.15, -0.1) is 0 Å². The first kappa shape index (κ1) is 15.9. The topological polar surface area (TPSA) is 59.3 Å². The molecular formula is C16H25N3O2. The highest BCUT2D eigenvalue weighted by Crippen LogP contribution is 2.13. The Hall–Kier alpha value is -1.49. The molecule has 1 aromatic rings. The second-order valence-electron chi connectivity index (χ2n) is 5.83. The molecule has 21 heavy (non-hydrogen) atoms. The van der Waals surface area contributed by atoms with Gasteiger partial charge in [-0.05, 0) is 57.8 Å². The van der Waals surface area contributed by atoms with Gasteiger partial charge in [0.2, 0.25) is 0 Å². The van der Waals surface area contributed by atoms with Gasteiger partial charge in [0.25, 0.3) is 5.69 Å². The van der Waals surface area contributed by atoms with Gasteiger partial charge in [0.05, 0.1) is 4.92 Å². The molecule has 2 heterocycles. The van der Waals surface area contributed by atoms with E-state index in [2.05, 4.69) is 9.88 Å². The van der Waals surface area contributed by atoms with E-state index in [1.54, 1.807) is 12.1 Å². The fourth-order valence-electron chi connectivity index (χ4n) is 2.85.